The molecule has 1 N–H and O–H groups in total. The summed E-state index contributed by atoms with van der Waals surface area (Å²) in [6, 6.07) is 13.1. The van der Waals surface area contributed by atoms with Crippen LogP contribution in [-0.2, 0) is 9.59 Å². The Labute approximate surface area is 181 Å². The Morgan fingerprint density at radius 3 is 2.52 bits per heavy atom. The van der Waals surface area contributed by atoms with Gasteiger partial charge in [-0.2, -0.15) is 0 Å². The van der Waals surface area contributed by atoms with E-state index in [1.54, 1.807) is 37.3 Å². The number of aliphatic hydroxyl groups excluding tert-OH is 1. The second-order valence-electron chi connectivity index (χ2n) is 7.04. The fourth-order valence-corrected chi connectivity index (χ4v) is 4.42. The van der Waals surface area contributed by atoms with Crippen LogP contribution < -0.4 is 14.4 Å². The van der Waals surface area contributed by atoms with Gasteiger partial charge in [-0.05, 0) is 30.7 Å². The zero-order valence-electron chi connectivity index (χ0n) is 16.4. The van der Waals surface area contributed by atoms with Crippen LogP contribution in [0.2, 0.25) is 0 Å². The standard InChI is InChI=1S/C22H17N3O5S/c1-12-23-24-22(31-12)25-18(13-5-3-2-4-6-13)17(20(27)21(25)28)19(26)14-7-8-15-16(11-14)30-10-9-29-15/h2-8,11,18,26H,9-10H2,1H3/b19-17+/t18-/m0/s1. The lowest BCUT2D eigenvalue weighted by Crippen LogP contribution is -2.29. The van der Waals surface area contributed by atoms with Crippen LogP contribution in [0.3, 0.4) is 0 Å². The minimum absolute atomic E-state index is 0.0132. The van der Waals surface area contributed by atoms with Crippen molar-refractivity contribution >= 4 is 33.9 Å². The quantitative estimate of drug-likeness (QED) is 0.383. The second kappa shape index (κ2) is 7.51. The number of ketones is 1. The van der Waals surface area contributed by atoms with E-state index in [-0.39, 0.29) is 11.3 Å². The van der Waals surface area contributed by atoms with Gasteiger partial charge in [0.2, 0.25) is 5.13 Å². The zero-order chi connectivity index (χ0) is 21.5. The zero-order valence-corrected chi connectivity index (χ0v) is 17.3. The molecule has 31 heavy (non-hydrogen) atoms. The molecule has 3 aromatic rings. The van der Waals surface area contributed by atoms with Crippen LogP contribution in [-0.4, -0.2) is 40.2 Å². The highest BCUT2D eigenvalue weighted by Gasteiger charge is 2.48. The number of anilines is 1. The smallest absolute Gasteiger partial charge is 0.301 e. The number of fused-ring (bicyclic) bond motifs is 1. The molecule has 5 rings (SSSR count). The third kappa shape index (κ3) is 3.23. The van der Waals surface area contributed by atoms with E-state index >= 15 is 0 Å². The third-order valence-electron chi connectivity index (χ3n) is 5.10. The molecule has 0 bridgehead atoms. The van der Waals surface area contributed by atoms with E-state index in [1.165, 1.54) is 16.2 Å². The van der Waals surface area contributed by atoms with Gasteiger partial charge in [-0.25, -0.2) is 0 Å². The Morgan fingerprint density at radius 2 is 1.81 bits per heavy atom. The predicted molar refractivity (Wildman–Crippen MR) is 113 cm³/mol. The molecule has 3 heterocycles. The van der Waals surface area contributed by atoms with Crippen LogP contribution in [0.25, 0.3) is 5.76 Å². The van der Waals surface area contributed by atoms with Gasteiger partial charge in [0.25, 0.3) is 5.78 Å². The second-order valence-corrected chi connectivity index (χ2v) is 8.20. The number of carbonyl (C=O) groups excluding carboxylic acids is 2. The first-order valence-corrected chi connectivity index (χ1v) is 10.4. The highest BCUT2D eigenvalue weighted by atomic mass is 32.1. The molecular weight excluding hydrogens is 418 g/mol. The molecule has 1 aromatic heterocycles. The topological polar surface area (TPSA) is 102 Å². The molecule has 0 saturated carbocycles. The van der Waals surface area contributed by atoms with Gasteiger partial charge >= 0.3 is 5.91 Å². The summed E-state index contributed by atoms with van der Waals surface area (Å²) in [4.78, 5) is 27.4. The van der Waals surface area contributed by atoms with Crippen molar-refractivity contribution in [3.63, 3.8) is 0 Å². The predicted octanol–water partition coefficient (Wildman–Crippen LogP) is 3.24. The van der Waals surface area contributed by atoms with E-state index in [0.717, 1.165) is 0 Å². The Bertz CT molecular complexity index is 1220. The van der Waals surface area contributed by atoms with E-state index in [9.17, 15) is 14.7 Å². The summed E-state index contributed by atoms with van der Waals surface area (Å²) in [5, 5.41) is 20.2. The average molecular weight is 435 g/mol. The molecule has 2 aliphatic heterocycles. The fraction of sp³-hybridized carbons (Fsp3) is 0.182. The van der Waals surface area contributed by atoms with E-state index in [1.807, 2.05) is 18.2 Å². The summed E-state index contributed by atoms with van der Waals surface area (Å²) < 4.78 is 11.1. The normalized spacial score (nSPS) is 19.6. The number of amides is 1. The average Bonchev–Trinajstić information content (AvgIpc) is 3.34. The molecule has 2 aromatic carbocycles. The van der Waals surface area contributed by atoms with Crippen LogP contribution in [0.5, 0.6) is 11.5 Å². The number of rotatable bonds is 3. The van der Waals surface area contributed by atoms with Crippen molar-refractivity contribution in [2.24, 2.45) is 0 Å². The van der Waals surface area contributed by atoms with Gasteiger partial charge in [0.15, 0.2) is 11.5 Å². The Hall–Kier alpha value is -3.72. The van der Waals surface area contributed by atoms with E-state index in [0.29, 0.717) is 46.0 Å². The molecule has 0 unspecified atom stereocenters. The number of hydrogen-bond donors (Lipinski definition) is 1. The molecule has 1 saturated heterocycles. The van der Waals surface area contributed by atoms with Gasteiger partial charge in [-0.15, -0.1) is 10.2 Å². The van der Waals surface area contributed by atoms with Crippen molar-refractivity contribution in [3.05, 3.63) is 70.2 Å². The molecule has 1 amide bonds. The van der Waals surface area contributed by atoms with Crippen LogP contribution in [0.1, 0.15) is 22.2 Å². The summed E-state index contributed by atoms with van der Waals surface area (Å²) in [6.45, 7) is 2.60. The molecule has 8 nitrogen and oxygen atoms in total. The fourth-order valence-electron chi connectivity index (χ4n) is 3.71. The number of Topliss-reactive ketones (excluding diaryl/α,β-unsaturated/α-hetero) is 1. The van der Waals surface area contributed by atoms with E-state index in [4.69, 9.17) is 9.47 Å². The molecule has 0 radical (unpaired) electrons. The third-order valence-corrected chi connectivity index (χ3v) is 5.93. The van der Waals surface area contributed by atoms with Gasteiger partial charge < -0.3 is 14.6 Å². The number of nitrogens with zero attached hydrogens (tertiary/aromatic N) is 3. The Balaban J connectivity index is 1.68. The van der Waals surface area contributed by atoms with Crippen molar-refractivity contribution in [2.75, 3.05) is 18.1 Å². The van der Waals surface area contributed by atoms with Gasteiger partial charge in [-0.3, -0.25) is 14.5 Å². The van der Waals surface area contributed by atoms with E-state index in [2.05, 4.69) is 10.2 Å². The summed E-state index contributed by atoms with van der Waals surface area (Å²) >= 11 is 1.21. The number of benzene rings is 2. The number of aliphatic hydroxyl groups is 1. The van der Waals surface area contributed by atoms with Crippen molar-refractivity contribution < 1.29 is 24.2 Å². The first-order valence-electron chi connectivity index (χ1n) is 9.60. The molecule has 9 heteroatoms. The molecule has 2 aliphatic rings. The monoisotopic (exact) mass is 435 g/mol. The molecule has 0 spiro atoms. The highest BCUT2D eigenvalue weighted by Crippen LogP contribution is 2.43. The Morgan fingerprint density at radius 1 is 1.06 bits per heavy atom. The van der Waals surface area contributed by atoms with Crippen molar-refractivity contribution in [2.45, 2.75) is 13.0 Å². The molecule has 0 aliphatic carbocycles. The van der Waals surface area contributed by atoms with Gasteiger partial charge in [0.05, 0.1) is 11.6 Å². The minimum Gasteiger partial charge on any atom is -0.507 e. The lowest BCUT2D eigenvalue weighted by atomic mass is 9.95. The van der Waals surface area contributed by atoms with Gasteiger partial charge in [-0.1, -0.05) is 41.7 Å². The number of hydrogen-bond acceptors (Lipinski definition) is 8. The first-order chi connectivity index (χ1) is 15.0. The summed E-state index contributed by atoms with van der Waals surface area (Å²) in [6.07, 6.45) is 0. The summed E-state index contributed by atoms with van der Waals surface area (Å²) in [7, 11) is 0. The maximum atomic E-state index is 13.1. The highest BCUT2D eigenvalue weighted by molar-refractivity contribution is 7.15. The lowest BCUT2D eigenvalue weighted by Gasteiger charge is -2.23. The number of aromatic nitrogens is 2. The Kier molecular flexibility index (Phi) is 4.67. The summed E-state index contributed by atoms with van der Waals surface area (Å²) in [5.74, 6) is -0.793. The molecule has 1 fully saturated rings. The molecule has 156 valence electrons. The van der Waals surface area contributed by atoms with Gasteiger partial charge in [0, 0.05) is 5.56 Å². The minimum atomic E-state index is -0.832. The summed E-state index contributed by atoms with van der Waals surface area (Å²) in [5.41, 5.74) is 1.02. The first kappa shape index (κ1) is 19.3. The largest absolute Gasteiger partial charge is 0.507 e. The lowest BCUT2D eigenvalue weighted by molar-refractivity contribution is -0.132. The maximum Gasteiger partial charge on any atom is 0.301 e. The van der Waals surface area contributed by atoms with E-state index < -0.39 is 17.7 Å². The van der Waals surface area contributed by atoms with Crippen LogP contribution in [0, 0.1) is 6.92 Å². The number of carbonyl (C=O) groups is 2. The SMILES string of the molecule is Cc1nnc(N2C(=O)C(=O)/C(=C(/O)c3ccc4c(c3)OCCO4)[C@@H]2c2ccccc2)s1. The van der Waals surface area contributed by atoms with Crippen LogP contribution >= 0.6 is 11.3 Å². The van der Waals surface area contributed by atoms with Crippen molar-refractivity contribution in [1.82, 2.24) is 10.2 Å². The van der Waals surface area contributed by atoms with Crippen molar-refractivity contribution in [3.8, 4) is 11.5 Å². The van der Waals surface area contributed by atoms with Crippen LogP contribution in [0.4, 0.5) is 5.13 Å². The van der Waals surface area contributed by atoms with Gasteiger partial charge in [0.1, 0.15) is 24.0 Å². The van der Waals surface area contributed by atoms with Crippen molar-refractivity contribution in [1.29, 1.82) is 0 Å². The van der Waals surface area contributed by atoms with Crippen LogP contribution in [0.15, 0.2) is 54.1 Å². The maximum absolute atomic E-state index is 13.1. The number of ether oxygens (including phenoxy) is 2. The molecular formula is C22H17N3O5S. The number of aryl methyl sites for hydroxylation is 1. The molecule has 1 atom stereocenters.